The van der Waals surface area contributed by atoms with E-state index in [0.29, 0.717) is 17.0 Å². The zero-order chi connectivity index (χ0) is 19.5. The van der Waals surface area contributed by atoms with E-state index >= 15 is 0 Å². The molecule has 142 valence electrons. The highest BCUT2D eigenvalue weighted by Gasteiger charge is 2.19. The third-order valence-corrected chi connectivity index (χ3v) is 5.08. The van der Waals surface area contributed by atoms with Gasteiger partial charge in [-0.3, -0.25) is 4.79 Å². The molecule has 3 aromatic carbocycles. The number of anilines is 2. The van der Waals surface area contributed by atoms with E-state index < -0.39 is 0 Å². The van der Waals surface area contributed by atoms with Gasteiger partial charge in [-0.1, -0.05) is 42.5 Å². The third kappa shape index (κ3) is 3.58. The molecule has 0 aromatic heterocycles. The molecule has 0 spiro atoms. The van der Waals surface area contributed by atoms with E-state index in [9.17, 15) is 4.79 Å². The Morgan fingerprint density at radius 2 is 1.71 bits per heavy atom. The van der Waals surface area contributed by atoms with Crippen molar-refractivity contribution in [3.8, 4) is 11.5 Å². The van der Waals surface area contributed by atoms with Crippen LogP contribution in [0.3, 0.4) is 0 Å². The summed E-state index contributed by atoms with van der Waals surface area (Å²) < 4.78 is 6.19. The highest BCUT2D eigenvalue weighted by molar-refractivity contribution is 6.09. The van der Waals surface area contributed by atoms with Crippen LogP contribution in [0.25, 0.3) is 0 Å². The number of carbonyl (C=O) groups excluding carboxylic acids is 1. The second kappa shape index (κ2) is 7.77. The van der Waals surface area contributed by atoms with Gasteiger partial charge in [0.15, 0.2) is 5.75 Å². The maximum atomic E-state index is 13.0. The molecule has 1 aliphatic rings. The molecule has 1 heterocycles. The van der Waals surface area contributed by atoms with Gasteiger partial charge in [0.25, 0.3) is 5.91 Å². The number of ether oxygens (including phenoxy) is 1. The summed E-state index contributed by atoms with van der Waals surface area (Å²) in [5.74, 6) is 1.32. The fourth-order valence-corrected chi connectivity index (χ4v) is 3.62. The Kier molecular flexibility index (Phi) is 5.02. The first-order valence-corrected chi connectivity index (χ1v) is 9.63. The van der Waals surface area contributed by atoms with Crippen molar-refractivity contribution in [2.24, 2.45) is 0 Å². The Morgan fingerprint density at radius 1 is 0.964 bits per heavy atom. The van der Waals surface area contributed by atoms with Crippen LogP contribution in [0.15, 0.2) is 60.7 Å². The van der Waals surface area contributed by atoms with Gasteiger partial charge in [0.2, 0.25) is 0 Å². The molecule has 4 nitrogen and oxygen atoms in total. The number of para-hydroxylation sites is 4. The molecule has 0 unspecified atom stereocenters. The molecule has 1 aliphatic heterocycles. The minimum atomic E-state index is -0.135. The van der Waals surface area contributed by atoms with Gasteiger partial charge in [0, 0.05) is 6.54 Å². The van der Waals surface area contributed by atoms with E-state index in [1.165, 1.54) is 5.56 Å². The Bertz CT molecular complexity index is 1010. The largest absolute Gasteiger partial charge is 0.455 e. The molecule has 0 radical (unpaired) electrons. The van der Waals surface area contributed by atoms with Gasteiger partial charge in [-0.25, -0.2) is 0 Å². The topological polar surface area (TPSA) is 50.4 Å². The molecule has 0 aliphatic carbocycles. The van der Waals surface area contributed by atoms with E-state index in [2.05, 4.69) is 16.7 Å². The van der Waals surface area contributed by atoms with Crippen LogP contribution >= 0.6 is 0 Å². The lowest BCUT2D eigenvalue weighted by Crippen LogP contribution is -2.19. The van der Waals surface area contributed by atoms with Crippen molar-refractivity contribution >= 4 is 17.3 Å². The summed E-state index contributed by atoms with van der Waals surface area (Å²) in [7, 11) is 0. The summed E-state index contributed by atoms with van der Waals surface area (Å²) in [6.07, 6.45) is 2.08. The van der Waals surface area contributed by atoms with Crippen LogP contribution in [0.4, 0.5) is 11.4 Å². The lowest BCUT2D eigenvalue weighted by molar-refractivity contribution is 0.102. The second-order valence-corrected chi connectivity index (χ2v) is 7.14. The van der Waals surface area contributed by atoms with Crippen molar-refractivity contribution in [1.29, 1.82) is 0 Å². The molecule has 1 amide bonds. The normalized spacial score (nSPS) is 12.6. The van der Waals surface area contributed by atoms with Crippen LogP contribution in [0.2, 0.25) is 0 Å². The lowest BCUT2D eigenvalue weighted by Gasteiger charge is -2.21. The fourth-order valence-electron chi connectivity index (χ4n) is 3.62. The predicted molar refractivity (Wildman–Crippen MR) is 114 cm³/mol. The minimum absolute atomic E-state index is 0.135. The summed E-state index contributed by atoms with van der Waals surface area (Å²) in [4.78, 5) is 13.0. The zero-order valence-electron chi connectivity index (χ0n) is 16.2. The molecule has 3 aromatic rings. The van der Waals surface area contributed by atoms with Gasteiger partial charge in [-0.2, -0.15) is 0 Å². The number of rotatable bonds is 4. The lowest BCUT2D eigenvalue weighted by atomic mass is 9.99. The summed E-state index contributed by atoms with van der Waals surface area (Å²) in [5.41, 5.74) is 5.57. The highest BCUT2D eigenvalue weighted by Crippen LogP contribution is 2.34. The van der Waals surface area contributed by atoms with Crippen molar-refractivity contribution in [2.45, 2.75) is 26.7 Å². The van der Waals surface area contributed by atoms with Gasteiger partial charge in [-0.05, 0) is 61.6 Å². The van der Waals surface area contributed by atoms with E-state index in [1.807, 2.05) is 68.4 Å². The molecule has 0 saturated carbocycles. The van der Waals surface area contributed by atoms with Crippen LogP contribution in [0, 0.1) is 13.8 Å². The molecule has 2 N–H and O–H groups in total. The zero-order valence-corrected chi connectivity index (χ0v) is 16.2. The Hall–Kier alpha value is -3.27. The standard InChI is InChI=1S/C24H24N2O2/c1-16-8-5-9-17(2)23(16)28-21-14-4-3-13-20(21)26-24(27)19-12-6-10-18-11-7-15-25-22(18)19/h3-6,8-10,12-14,25H,7,11,15H2,1-2H3,(H,26,27). The molecular weight excluding hydrogens is 348 g/mol. The SMILES string of the molecule is Cc1cccc(C)c1Oc1ccccc1NC(=O)c1cccc2c1NCCC2. The number of fused-ring (bicyclic) bond motifs is 1. The Balaban J connectivity index is 1.62. The van der Waals surface area contributed by atoms with Crippen LogP contribution in [0.5, 0.6) is 11.5 Å². The number of hydrogen-bond donors (Lipinski definition) is 2. The number of amides is 1. The smallest absolute Gasteiger partial charge is 0.257 e. The number of aryl methyl sites for hydroxylation is 3. The van der Waals surface area contributed by atoms with E-state index in [0.717, 1.165) is 42.0 Å². The van der Waals surface area contributed by atoms with Crippen molar-refractivity contribution in [3.63, 3.8) is 0 Å². The highest BCUT2D eigenvalue weighted by atomic mass is 16.5. The first-order chi connectivity index (χ1) is 13.6. The first kappa shape index (κ1) is 18.1. The summed E-state index contributed by atoms with van der Waals surface area (Å²) in [6, 6.07) is 19.5. The molecular formula is C24H24N2O2. The van der Waals surface area contributed by atoms with Gasteiger partial charge >= 0.3 is 0 Å². The minimum Gasteiger partial charge on any atom is -0.455 e. The number of benzene rings is 3. The van der Waals surface area contributed by atoms with Crippen molar-refractivity contribution in [2.75, 3.05) is 17.2 Å². The summed E-state index contributed by atoms with van der Waals surface area (Å²) in [6.45, 7) is 4.93. The first-order valence-electron chi connectivity index (χ1n) is 9.63. The molecule has 0 saturated heterocycles. The van der Waals surface area contributed by atoms with Gasteiger partial charge in [0.05, 0.1) is 16.9 Å². The molecule has 0 bridgehead atoms. The number of carbonyl (C=O) groups is 1. The van der Waals surface area contributed by atoms with Crippen molar-refractivity contribution in [1.82, 2.24) is 0 Å². The van der Waals surface area contributed by atoms with E-state index in [1.54, 1.807) is 0 Å². The van der Waals surface area contributed by atoms with Crippen molar-refractivity contribution < 1.29 is 9.53 Å². The van der Waals surface area contributed by atoms with Gasteiger partial charge in [0.1, 0.15) is 5.75 Å². The second-order valence-electron chi connectivity index (χ2n) is 7.14. The predicted octanol–water partition coefficient (Wildman–Crippen LogP) is 5.71. The third-order valence-electron chi connectivity index (χ3n) is 5.08. The average Bonchev–Trinajstić information content (AvgIpc) is 2.71. The quantitative estimate of drug-likeness (QED) is 0.617. The average molecular weight is 372 g/mol. The molecule has 0 fully saturated rings. The molecule has 0 atom stereocenters. The van der Waals surface area contributed by atoms with Crippen LogP contribution in [0.1, 0.15) is 33.5 Å². The molecule has 28 heavy (non-hydrogen) atoms. The van der Waals surface area contributed by atoms with E-state index in [-0.39, 0.29) is 5.91 Å². The number of hydrogen-bond acceptors (Lipinski definition) is 3. The van der Waals surface area contributed by atoms with Gasteiger partial charge < -0.3 is 15.4 Å². The summed E-state index contributed by atoms with van der Waals surface area (Å²) >= 11 is 0. The fraction of sp³-hybridized carbons (Fsp3) is 0.208. The Morgan fingerprint density at radius 3 is 2.54 bits per heavy atom. The molecule has 4 rings (SSSR count). The summed E-state index contributed by atoms with van der Waals surface area (Å²) in [5, 5.41) is 6.41. The van der Waals surface area contributed by atoms with Crippen LogP contribution < -0.4 is 15.4 Å². The Labute approximate surface area is 165 Å². The molecule has 4 heteroatoms. The van der Waals surface area contributed by atoms with Crippen LogP contribution in [-0.4, -0.2) is 12.5 Å². The van der Waals surface area contributed by atoms with Crippen molar-refractivity contribution in [3.05, 3.63) is 82.9 Å². The maximum Gasteiger partial charge on any atom is 0.257 e. The monoisotopic (exact) mass is 372 g/mol. The van der Waals surface area contributed by atoms with Gasteiger partial charge in [-0.15, -0.1) is 0 Å². The van der Waals surface area contributed by atoms with Crippen LogP contribution in [-0.2, 0) is 6.42 Å². The number of nitrogens with one attached hydrogen (secondary N) is 2. The van der Waals surface area contributed by atoms with E-state index in [4.69, 9.17) is 4.74 Å². The maximum absolute atomic E-state index is 13.0.